The van der Waals surface area contributed by atoms with Crippen molar-refractivity contribution < 1.29 is 32.7 Å². The Bertz CT molecular complexity index is 1420. The van der Waals surface area contributed by atoms with E-state index in [1.807, 2.05) is 0 Å². The van der Waals surface area contributed by atoms with Gasteiger partial charge in [0.1, 0.15) is 36.8 Å². The molecule has 0 aromatic carbocycles. The summed E-state index contributed by atoms with van der Waals surface area (Å²) < 4.78 is 34.1. The van der Waals surface area contributed by atoms with E-state index in [1.165, 1.54) is 18.3 Å². The first-order chi connectivity index (χ1) is 20.8. The largest absolute Gasteiger partial charge is 0.468 e. The fourth-order valence-corrected chi connectivity index (χ4v) is 7.61. The number of fused-ring (bicyclic) bond motifs is 1. The molecule has 46 heavy (non-hydrogen) atoms. The number of imidazole rings is 1. The predicted molar refractivity (Wildman–Crippen MR) is 185 cm³/mol. The number of nitrogen functional groups attached to an aromatic ring is 1. The van der Waals surface area contributed by atoms with Crippen LogP contribution in [0.5, 0.6) is 0 Å². The number of nitrogens with two attached hydrogens (primary N) is 1. The number of rotatable bonds is 9. The molecule has 3 heterocycles. The number of carbonyl (C=O) groups excluding carboxylic acids is 2. The van der Waals surface area contributed by atoms with Gasteiger partial charge < -0.3 is 28.8 Å². The zero-order valence-electron chi connectivity index (χ0n) is 29.9. The molecule has 1 unspecified atom stereocenters. The Labute approximate surface area is 283 Å². The van der Waals surface area contributed by atoms with Crippen LogP contribution in [0.15, 0.2) is 11.1 Å². The van der Waals surface area contributed by atoms with Crippen molar-refractivity contribution in [1.82, 2.24) is 24.4 Å². The molecule has 2 aromatic heterocycles. The third-order valence-electron chi connectivity index (χ3n) is 9.08. The summed E-state index contributed by atoms with van der Waals surface area (Å²) in [6, 6.07) is 0. The molecule has 0 bridgehead atoms. The molecule has 1 fully saturated rings. The normalized spacial score (nSPS) is 21.5. The topological polar surface area (TPSA) is 153 Å². The van der Waals surface area contributed by atoms with Crippen molar-refractivity contribution >= 4 is 61.6 Å². The Kier molecular flexibility index (Phi) is 11.2. The molecular weight excluding hydrogens is 692 g/mol. The van der Waals surface area contributed by atoms with E-state index in [2.05, 4.69) is 98.6 Å². The third kappa shape index (κ3) is 8.48. The van der Waals surface area contributed by atoms with E-state index in [9.17, 15) is 9.59 Å². The van der Waals surface area contributed by atoms with Crippen molar-refractivity contribution in [2.45, 2.75) is 129 Å². The quantitative estimate of drug-likeness (QED) is 0.176. The zero-order chi connectivity index (χ0) is 35.2. The van der Waals surface area contributed by atoms with Gasteiger partial charge in [0.05, 0.1) is 13.7 Å². The molecule has 1 aliphatic heterocycles. The van der Waals surface area contributed by atoms with E-state index in [4.69, 9.17) is 28.8 Å². The number of methoxy groups -OCH3 is 1. The molecule has 3 rings (SSSR count). The number of ether oxygens (including phenoxy) is 3. The smallest absolute Gasteiger partial charge is 0.410 e. The van der Waals surface area contributed by atoms with Gasteiger partial charge in [-0.25, -0.2) is 19.7 Å². The van der Waals surface area contributed by atoms with Crippen LogP contribution in [0, 0.1) is 0 Å². The monoisotopic (exact) mass is 744 g/mol. The van der Waals surface area contributed by atoms with Gasteiger partial charge in [0.2, 0.25) is 0 Å². The Morgan fingerprint density at radius 1 is 0.978 bits per heavy atom. The lowest BCUT2D eigenvalue weighted by Crippen LogP contribution is -2.55. The second-order valence-corrected chi connectivity index (χ2v) is 26.1. The van der Waals surface area contributed by atoms with Crippen LogP contribution in [-0.2, 0) is 27.9 Å². The molecule has 2 aromatic rings. The van der Waals surface area contributed by atoms with Gasteiger partial charge in [-0.05, 0) is 73.0 Å². The van der Waals surface area contributed by atoms with Gasteiger partial charge in [-0.15, -0.1) is 0 Å². The average Bonchev–Trinajstić information content (AvgIpc) is 3.37. The Balaban J connectivity index is 2.25. The standard InChI is InChI=1S/C30H53BrN6O7Si2/c1-28(2,3)42-27(39)36(16-19(38)40-10)15-18-21(43-45(11,12)29(4,5)6)22(44-46(13,14)30(7,8)9)25(41-18)37-24-20(35-26(37)31)23(32)33-17-34-24/h17-18,21-22,25H,15-16H2,1-14H3,(H2,32,33,34)/t18-,21-,22?,25-/m1/s1. The number of hydrogen-bond donors (Lipinski definition) is 1. The molecule has 260 valence electrons. The summed E-state index contributed by atoms with van der Waals surface area (Å²) in [4.78, 5) is 40.6. The number of carbonyl (C=O) groups is 2. The van der Waals surface area contributed by atoms with Crippen LogP contribution >= 0.6 is 15.9 Å². The lowest BCUT2D eigenvalue weighted by atomic mass is 10.1. The Morgan fingerprint density at radius 2 is 1.52 bits per heavy atom. The molecule has 13 nitrogen and oxygen atoms in total. The molecule has 1 aliphatic rings. The minimum Gasteiger partial charge on any atom is -0.468 e. The molecule has 16 heteroatoms. The maximum Gasteiger partial charge on any atom is 0.410 e. The van der Waals surface area contributed by atoms with Crippen LogP contribution in [0.25, 0.3) is 11.2 Å². The summed E-state index contributed by atoms with van der Waals surface area (Å²) in [6.45, 7) is 26.6. The van der Waals surface area contributed by atoms with Gasteiger partial charge in [0, 0.05) is 0 Å². The molecule has 0 aliphatic carbocycles. The number of anilines is 1. The van der Waals surface area contributed by atoms with Crippen molar-refractivity contribution in [2.75, 3.05) is 25.9 Å². The Morgan fingerprint density at radius 3 is 2.02 bits per heavy atom. The summed E-state index contributed by atoms with van der Waals surface area (Å²) in [5.74, 6) is -0.365. The number of nitrogens with zero attached hydrogens (tertiary/aromatic N) is 5. The van der Waals surface area contributed by atoms with Gasteiger partial charge >= 0.3 is 12.1 Å². The minimum atomic E-state index is -2.47. The lowest BCUT2D eigenvalue weighted by Gasteiger charge is -2.44. The van der Waals surface area contributed by atoms with Gasteiger partial charge in [0.25, 0.3) is 0 Å². The van der Waals surface area contributed by atoms with Crippen LogP contribution in [-0.4, -0.2) is 97.2 Å². The summed E-state index contributed by atoms with van der Waals surface area (Å²) in [6.07, 6.45) is -2.12. The van der Waals surface area contributed by atoms with E-state index in [0.717, 1.165) is 0 Å². The molecule has 0 spiro atoms. The summed E-state index contributed by atoms with van der Waals surface area (Å²) in [7, 11) is -3.67. The van der Waals surface area contributed by atoms with E-state index >= 15 is 0 Å². The van der Waals surface area contributed by atoms with Crippen LogP contribution in [0.4, 0.5) is 10.6 Å². The van der Waals surface area contributed by atoms with Gasteiger partial charge in [-0.3, -0.25) is 14.3 Å². The van der Waals surface area contributed by atoms with Crippen LogP contribution < -0.4 is 5.73 Å². The molecular formula is C30H53BrN6O7Si2. The highest BCUT2D eigenvalue weighted by Gasteiger charge is 2.55. The van der Waals surface area contributed by atoms with E-state index in [-0.39, 0.29) is 29.0 Å². The van der Waals surface area contributed by atoms with Crippen molar-refractivity contribution in [3.05, 3.63) is 11.1 Å². The molecule has 0 saturated carbocycles. The minimum absolute atomic E-state index is 0.0292. The highest BCUT2D eigenvalue weighted by Crippen LogP contribution is 2.47. The fourth-order valence-electron chi connectivity index (χ4n) is 4.46. The fraction of sp³-hybridized carbons (Fsp3) is 0.767. The third-order valence-corrected chi connectivity index (χ3v) is 18.6. The molecule has 0 radical (unpaired) electrons. The second-order valence-electron chi connectivity index (χ2n) is 15.9. The van der Waals surface area contributed by atoms with E-state index in [1.54, 1.807) is 25.3 Å². The molecule has 4 atom stereocenters. The zero-order valence-corrected chi connectivity index (χ0v) is 33.4. The van der Waals surface area contributed by atoms with Crippen LogP contribution in [0.2, 0.25) is 36.3 Å². The van der Waals surface area contributed by atoms with Gasteiger partial charge in [0.15, 0.2) is 44.6 Å². The SMILES string of the molecule is COC(=O)CN(C[C@H]1O[C@@H](n2c(Br)nc3c(N)ncnc32)C(O[Si](C)(C)C(C)(C)C)[C@@H]1O[Si](C)(C)C(C)(C)C)C(=O)OC(C)(C)C. The maximum absolute atomic E-state index is 13.5. The van der Waals surface area contributed by atoms with E-state index in [0.29, 0.717) is 15.9 Å². The Hall–Kier alpha value is -2.12. The number of halogens is 1. The first-order valence-corrected chi connectivity index (χ1v) is 22.1. The summed E-state index contributed by atoms with van der Waals surface area (Å²) >= 11 is 3.61. The van der Waals surface area contributed by atoms with Crippen molar-refractivity contribution in [3.8, 4) is 0 Å². The van der Waals surface area contributed by atoms with Crippen molar-refractivity contribution in [1.29, 1.82) is 0 Å². The lowest BCUT2D eigenvalue weighted by molar-refractivity contribution is -0.142. The number of aromatic nitrogens is 4. The van der Waals surface area contributed by atoms with Crippen LogP contribution in [0.1, 0.15) is 68.5 Å². The van der Waals surface area contributed by atoms with Crippen molar-refractivity contribution in [3.63, 3.8) is 0 Å². The van der Waals surface area contributed by atoms with Crippen LogP contribution in [0.3, 0.4) is 0 Å². The molecule has 2 N–H and O–H groups in total. The first kappa shape index (κ1) is 38.3. The second kappa shape index (κ2) is 13.4. The highest BCUT2D eigenvalue weighted by molar-refractivity contribution is 9.10. The first-order valence-electron chi connectivity index (χ1n) is 15.5. The number of hydrogen-bond acceptors (Lipinski definition) is 11. The van der Waals surface area contributed by atoms with Gasteiger partial charge in [-0.2, -0.15) is 0 Å². The molecule has 1 amide bonds. The van der Waals surface area contributed by atoms with Crippen molar-refractivity contribution in [2.24, 2.45) is 0 Å². The summed E-state index contributed by atoms with van der Waals surface area (Å²) in [5, 5.41) is -0.302. The highest BCUT2D eigenvalue weighted by atomic mass is 79.9. The average molecular weight is 746 g/mol. The van der Waals surface area contributed by atoms with E-state index < -0.39 is 58.8 Å². The number of amides is 1. The number of esters is 1. The maximum atomic E-state index is 13.5. The summed E-state index contributed by atoms with van der Waals surface area (Å²) in [5.41, 5.74) is 6.26. The predicted octanol–water partition coefficient (Wildman–Crippen LogP) is 6.26. The molecule has 1 saturated heterocycles. The van der Waals surface area contributed by atoms with Gasteiger partial charge in [-0.1, -0.05) is 41.5 Å².